The summed E-state index contributed by atoms with van der Waals surface area (Å²) in [7, 11) is 0. The molecule has 3 aromatic rings. The highest BCUT2D eigenvalue weighted by Gasteiger charge is 2.17. The van der Waals surface area contributed by atoms with Gasteiger partial charge < -0.3 is 10.3 Å². The van der Waals surface area contributed by atoms with Gasteiger partial charge in [0.2, 0.25) is 0 Å². The van der Waals surface area contributed by atoms with Crippen LogP contribution >= 0.6 is 0 Å². The second-order valence-electron chi connectivity index (χ2n) is 6.05. The van der Waals surface area contributed by atoms with E-state index in [0.29, 0.717) is 13.1 Å². The molecule has 2 N–H and O–H groups in total. The Kier molecular flexibility index (Phi) is 5.03. The minimum Gasteiger partial charge on any atom is -0.351 e. The number of rotatable bonds is 5. The molecule has 0 aliphatic heterocycles. The lowest BCUT2D eigenvalue weighted by Crippen LogP contribution is -2.39. The lowest BCUT2D eigenvalue weighted by Gasteiger charge is -2.22. The maximum atomic E-state index is 12.3. The molecule has 0 radical (unpaired) electrons. The largest absolute Gasteiger partial charge is 0.351 e. The van der Waals surface area contributed by atoms with Crippen LogP contribution in [-0.4, -0.2) is 29.1 Å². The van der Waals surface area contributed by atoms with Crippen LogP contribution in [-0.2, 0) is 0 Å². The number of hydrogen-bond acceptors (Lipinski definition) is 2. The maximum Gasteiger partial charge on any atom is 0.321 e. The van der Waals surface area contributed by atoms with Gasteiger partial charge in [-0.15, -0.1) is 0 Å². The summed E-state index contributed by atoms with van der Waals surface area (Å²) in [5, 5.41) is 5.19. The number of carbonyl (C=O) groups is 1. The fourth-order valence-electron chi connectivity index (χ4n) is 3.19. The van der Waals surface area contributed by atoms with Crippen LogP contribution in [0.25, 0.3) is 10.8 Å². The number of benzene rings is 2. The van der Waals surface area contributed by atoms with Gasteiger partial charge in [0.05, 0.1) is 12.0 Å². The first-order valence-electron chi connectivity index (χ1n) is 8.72. The van der Waals surface area contributed by atoms with E-state index in [9.17, 15) is 4.79 Å². The summed E-state index contributed by atoms with van der Waals surface area (Å²) in [6.45, 7) is 7.30. The Morgan fingerprint density at radius 1 is 1.28 bits per heavy atom. The van der Waals surface area contributed by atoms with Gasteiger partial charge in [0.25, 0.3) is 0 Å². The molecule has 0 aliphatic rings. The van der Waals surface area contributed by atoms with Crippen LogP contribution < -0.4 is 10.2 Å². The molecule has 0 spiro atoms. The van der Waals surface area contributed by atoms with Crippen molar-refractivity contribution in [2.24, 2.45) is 0 Å². The third-order valence-electron chi connectivity index (χ3n) is 4.53. The van der Waals surface area contributed by atoms with Crippen molar-refractivity contribution in [3.63, 3.8) is 0 Å². The average molecular weight is 336 g/mol. The highest BCUT2D eigenvalue weighted by molar-refractivity contribution is 5.96. The smallest absolute Gasteiger partial charge is 0.321 e. The van der Waals surface area contributed by atoms with E-state index in [1.54, 1.807) is 11.2 Å². The number of nitrogens with zero attached hydrogens (tertiary/aromatic N) is 2. The molecule has 0 saturated heterocycles. The molecular weight excluding hydrogens is 312 g/mol. The summed E-state index contributed by atoms with van der Waals surface area (Å²) in [6, 6.07) is 12.4. The van der Waals surface area contributed by atoms with Crippen LogP contribution in [0.4, 0.5) is 10.5 Å². The van der Waals surface area contributed by atoms with Crippen molar-refractivity contribution < 1.29 is 4.79 Å². The molecule has 25 heavy (non-hydrogen) atoms. The number of hydrogen-bond donors (Lipinski definition) is 2. The predicted octanol–water partition coefficient (Wildman–Crippen LogP) is 4.27. The molecule has 1 atom stereocenters. The first-order chi connectivity index (χ1) is 12.2. The van der Waals surface area contributed by atoms with E-state index in [0.717, 1.165) is 22.2 Å². The average Bonchev–Trinajstić information content (AvgIpc) is 3.16. The van der Waals surface area contributed by atoms with Crippen molar-refractivity contribution in [3.8, 4) is 0 Å². The van der Waals surface area contributed by atoms with Gasteiger partial charge in [-0.2, -0.15) is 0 Å². The lowest BCUT2D eigenvalue weighted by atomic mass is 9.92. The zero-order valence-corrected chi connectivity index (χ0v) is 14.9. The number of carbonyl (C=O) groups excluding carboxylic acids is 1. The molecule has 2 amide bonds. The first-order valence-corrected chi connectivity index (χ1v) is 8.72. The monoisotopic (exact) mass is 336 g/mol. The van der Waals surface area contributed by atoms with Crippen molar-refractivity contribution in [2.45, 2.75) is 26.7 Å². The van der Waals surface area contributed by atoms with E-state index >= 15 is 0 Å². The number of urea groups is 1. The lowest BCUT2D eigenvalue weighted by molar-refractivity contribution is 0.247. The zero-order valence-electron chi connectivity index (χ0n) is 14.9. The quantitative estimate of drug-likeness (QED) is 0.731. The molecule has 3 rings (SSSR count). The Balaban J connectivity index is 2.06. The van der Waals surface area contributed by atoms with Crippen LogP contribution in [0, 0.1) is 0 Å². The fourth-order valence-corrected chi connectivity index (χ4v) is 3.19. The summed E-state index contributed by atoms with van der Waals surface area (Å²) < 4.78 is 0. The molecular formula is C20H24N4O. The van der Waals surface area contributed by atoms with Crippen LogP contribution in [0.3, 0.4) is 0 Å². The van der Waals surface area contributed by atoms with E-state index in [-0.39, 0.29) is 11.9 Å². The Bertz CT molecular complexity index is 857. The summed E-state index contributed by atoms with van der Waals surface area (Å²) in [4.78, 5) is 21.5. The van der Waals surface area contributed by atoms with Gasteiger partial charge in [0.1, 0.15) is 0 Å². The minimum absolute atomic E-state index is 0.0674. The Morgan fingerprint density at radius 3 is 2.80 bits per heavy atom. The summed E-state index contributed by atoms with van der Waals surface area (Å²) >= 11 is 0. The van der Waals surface area contributed by atoms with Crippen molar-refractivity contribution in [2.75, 3.05) is 18.0 Å². The molecule has 0 bridgehead atoms. The highest BCUT2D eigenvalue weighted by Crippen LogP contribution is 2.32. The second kappa shape index (κ2) is 7.38. The van der Waals surface area contributed by atoms with Gasteiger partial charge >= 0.3 is 6.03 Å². The van der Waals surface area contributed by atoms with Crippen LogP contribution in [0.1, 0.15) is 37.9 Å². The predicted molar refractivity (Wildman–Crippen MR) is 102 cm³/mol. The third-order valence-corrected chi connectivity index (χ3v) is 4.53. The fraction of sp³-hybridized carbons (Fsp3) is 0.300. The van der Waals surface area contributed by atoms with Crippen molar-refractivity contribution in [1.82, 2.24) is 15.3 Å². The number of aromatic amines is 1. The van der Waals surface area contributed by atoms with E-state index in [1.165, 1.54) is 5.56 Å². The van der Waals surface area contributed by atoms with E-state index in [4.69, 9.17) is 0 Å². The number of imidazole rings is 1. The van der Waals surface area contributed by atoms with Crippen molar-refractivity contribution in [3.05, 3.63) is 60.2 Å². The number of H-pyrrole nitrogens is 1. The molecule has 1 aromatic heterocycles. The summed E-state index contributed by atoms with van der Waals surface area (Å²) in [5.74, 6) is 0.171. The van der Waals surface area contributed by atoms with Gasteiger partial charge in [0, 0.05) is 30.9 Å². The molecule has 0 saturated carbocycles. The second-order valence-corrected chi connectivity index (χ2v) is 6.05. The first kappa shape index (κ1) is 17.0. The number of anilines is 1. The Hall–Kier alpha value is -2.82. The molecule has 5 nitrogen and oxygen atoms in total. The van der Waals surface area contributed by atoms with Gasteiger partial charge in [-0.25, -0.2) is 9.78 Å². The SMILES string of the molecule is CCNC(=O)N(CC)c1ccc2cccc(C(C)c3c[nH]cn3)c2c1. The molecule has 1 unspecified atom stereocenters. The van der Waals surface area contributed by atoms with Gasteiger partial charge in [-0.1, -0.05) is 31.2 Å². The molecule has 0 aliphatic carbocycles. The van der Waals surface area contributed by atoms with Gasteiger partial charge in [-0.05, 0) is 42.3 Å². The Labute approximate surface area is 148 Å². The van der Waals surface area contributed by atoms with E-state index in [1.807, 2.05) is 26.1 Å². The number of aromatic nitrogens is 2. The van der Waals surface area contributed by atoms with Crippen LogP contribution in [0.5, 0.6) is 0 Å². The zero-order chi connectivity index (χ0) is 17.8. The molecule has 1 heterocycles. The molecule has 130 valence electrons. The summed E-state index contributed by atoms with van der Waals surface area (Å²) in [5.41, 5.74) is 3.12. The highest BCUT2D eigenvalue weighted by atomic mass is 16.2. The van der Waals surface area contributed by atoms with Crippen LogP contribution in [0.15, 0.2) is 48.9 Å². The van der Waals surface area contributed by atoms with Crippen LogP contribution in [0.2, 0.25) is 0 Å². The molecule has 5 heteroatoms. The molecule has 2 aromatic carbocycles. The number of nitrogens with one attached hydrogen (secondary N) is 2. The van der Waals surface area contributed by atoms with Crippen molar-refractivity contribution in [1.29, 1.82) is 0 Å². The summed E-state index contributed by atoms with van der Waals surface area (Å²) in [6.07, 6.45) is 3.64. The number of fused-ring (bicyclic) bond motifs is 1. The Morgan fingerprint density at radius 2 is 2.12 bits per heavy atom. The molecule has 0 fully saturated rings. The van der Waals surface area contributed by atoms with E-state index in [2.05, 4.69) is 52.5 Å². The van der Waals surface area contributed by atoms with Gasteiger partial charge in [0.15, 0.2) is 0 Å². The number of amides is 2. The normalized spacial score (nSPS) is 12.1. The maximum absolute atomic E-state index is 12.3. The topological polar surface area (TPSA) is 61.0 Å². The minimum atomic E-state index is -0.0674. The van der Waals surface area contributed by atoms with Crippen molar-refractivity contribution >= 4 is 22.5 Å². The third kappa shape index (κ3) is 3.36. The van der Waals surface area contributed by atoms with Gasteiger partial charge in [-0.3, -0.25) is 4.90 Å². The van der Waals surface area contributed by atoms with E-state index < -0.39 is 0 Å². The standard InChI is InChI=1S/C20H24N4O/c1-4-22-20(25)24(5-2)16-10-9-15-7-6-8-17(18(15)11-16)14(3)19-12-21-13-23-19/h6-14H,4-5H2,1-3H3,(H,21,23)(H,22,25).